The van der Waals surface area contributed by atoms with Crippen LogP contribution in [0.15, 0.2) is 0 Å². The highest BCUT2D eigenvalue weighted by molar-refractivity contribution is 7.92. The van der Waals surface area contributed by atoms with Crippen LogP contribution in [0.4, 0.5) is 0 Å². The van der Waals surface area contributed by atoms with Gasteiger partial charge in [0, 0.05) is 31.0 Å². The fourth-order valence-electron chi connectivity index (χ4n) is 7.95. The van der Waals surface area contributed by atoms with Gasteiger partial charge in [0.2, 0.25) is 11.8 Å². The molecule has 1 unspecified atom stereocenters. The lowest BCUT2D eigenvalue weighted by Gasteiger charge is -2.44. The van der Waals surface area contributed by atoms with E-state index in [0.29, 0.717) is 41.9 Å². The molecule has 0 spiro atoms. The number of sulfone groups is 1. The SMILES string of the molecule is O=C(CC1CCC(S(=O)(=O)CC2CC2)CC1)NC1CCC(C(=O)N2CCCCC2C2CCCCC2)CC1. The maximum absolute atomic E-state index is 13.6. The summed E-state index contributed by atoms with van der Waals surface area (Å²) in [6.07, 6.45) is 19.6. The molecule has 1 N–H and O–H groups in total. The number of amides is 2. The van der Waals surface area contributed by atoms with Gasteiger partial charge in [-0.2, -0.15) is 0 Å². The summed E-state index contributed by atoms with van der Waals surface area (Å²) in [5.41, 5.74) is 0. The van der Waals surface area contributed by atoms with E-state index in [9.17, 15) is 18.0 Å². The van der Waals surface area contributed by atoms with Crippen LogP contribution >= 0.6 is 0 Å². The number of nitrogens with one attached hydrogen (secondary N) is 1. The minimum absolute atomic E-state index is 0.118. The second-order valence-corrected chi connectivity index (χ2v) is 15.6. The van der Waals surface area contributed by atoms with E-state index >= 15 is 0 Å². The molecule has 0 aromatic carbocycles. The molecular weight excluding hydrogens is 484 g/mol. The van der Waals surface area contributed by atoms with Crippen LogP contribution in [0.1, 0.15) is 122 Å². The van der Waals surface area contributed by atoms with Gasteiger partial charge in [0.15, 0.2) is 9.84 Å². The normalized spacial score (nSPS) is 34.2. The predicted octanol–water partition coefficient (Wildman–Crippen LogP) is 5.40. The molecule has 1 saturated heterocycles. The Morgan fingerprint density at radius 3 is 2.03 bits per heavy atom. The molecule has 37 heavy (non-hydrogen) atoms. The van der Waals surface area contributed by atoms with Crippen molar-refractivity contribution in [1.82, 2.24) is 10.2 Å². The van der Waals surface area contributed by atoms with Crippen molar-refractivity contribution in [2.75, 3.05) is 12.3 Å². The fourth-order valence-corrected chi connectivity index (χ4v) is 10.2. The van der Waals surface area contributed by atoms with Crippen LogP contribution in [0, 0.1) is 23.7 Å². The summed E-state index contributed by atoms with van der Waals surface area (Å²) < 4.78 is 25.2. The Morgan fingerprint density at radius 1 is 0.703 bits per heavy atom. The summed E-state index contributed by atoms with van der Waals surface area (Å²) in [5, 5.41) is 3.08. The van der Waals surface area contributed by atoms with Gasteiger partial charge in [-0.15, -0.1) is 0 Å². The summed E-state index contributed by atoms with van der Waals surface area (Å²) in [7, 11) is -2.96. The average molecular weight is 535 g/mol. The molecular formula is C30H50N2O4S. The van der Waals surface area contributed by atoms with Gasteiger partial charge in [0.1, 0.15) is 0 Å². The zero-order valence-corrected chi connectivity index (χ0v) is 23.7. The Kier molecular flexibility index (Phi) is 9.19. The molecule has 4 saturated carbocycles. The highest BCUT2D eigenvalue weighted by Gasteiger charge is 2.38. The molecule has 0 radical (unpaired) electrons. The number of likely N-dealkylation sites (tertiary alicyclic amines) is 1. The first-order valence-electron chi connectivity index (χ1n) is 15.7. The molecule has 2 amide bonds. The van der Waals surface area contributed by atoms with E-state index in [1.54, 1.807) is 0 Å². The molecule has 5 aliphatic rings. The Balaban J connectivity index is 1.02. The van der Waals surface area contributed by atoms with Crippen molar-refractivity contribution in [3.8, 4) is 0 Å². The number of nitrogens with zero attached hydrogens (tertiary/aromatic N) is 1. The first kappa shape index (κ1) is 27.5. The third-order valence-corrected chi connectivity index (χ3v) is 12.8. The predicted molar refractivity (Wildman–Crippen MR) is 147 cm³/mol. The van der Waals surface area contributed by atoms with Gasteiger partial charge in [-0.05, 0) is 114 Å². The van der Waals surface area contributed by atoms with E-state index in [-0.39, 0.29) is 23.1 Å². The minimum atomic E-state index is -2.96. The molecule has 1 atom stereocenters. The number of hydrogen-bond acceptors (Lipinski definition) is 4. The molecule has 1 heterocycles. The van der Waals surface area contributed by atoms with Crippen molar-refractivity contribution in [1.29, 1.82) is 0 Å². The Bertz CT molecular complexity index is 879. The third kappa shape index (κ3) is 7.30. The van der Waals surface area contributed by atoms with Crippen molar-refractivity contribution < 1.29 is 18.0 Å². The second kappa shape index (κ2) is 12.4. The third-order valence-electron chi connectivity index (χ3n) is 10.4. The van der Waals surface area contributed by atoms with E-state index in [1.165, 1.54) is 44.9 Å². The fraction of sp³-hybridized carbons (Fsp3) is 0.933. The molecule has 6 nitrogen and oxygen atoms in total. The topological polar surface area (TPSA) is 83.5 Å². The largest absolute Gasteiger partial charge is 0.353 e. The number of rotatable bonds is 8. The monoisotopic (exact) mass is 534 g/mol. The van der Waals surface area contributed by atoms with Crippen LogP contribution in [0.2, 0.25) is 0 Å². The number of carbonyl (C=O) groups is 2. The summed E-state index contributed by atoms with van der Waals surface area (Å²) in [4.78, 5) is 28.6. The lowest BCUT2D eigenvalue weighted by molar-refractivity contribution is -0.142. The number of carbonyl (C=O) groups excluding carboxylic acids is 2. The summed E-state index contributed by atoms with van der Waals surface area (Å²) >= 11 is 0. The molecule has 5 fully saturated rings. The van der Waals surface area contributed by atoms with Crippen molar-refractivity contribution >= 4 is 21.7 Å². The minimum Gasteiger partial charge on any atom is -0.353 e. The number of hydrogen-bond donors (Lipinski definition) is 1. The van der Waals surface area contributed by atoms with Crippen molar-refractivity contribution in [3.63, 3.8) is 0 Å². The molecule has 1 aliphatic heterocycles. The molecule has 5 rings (SSSR count). The first-order chi connectivity index (χ1) is 17.9. The van der Waals surface area contributed by atoms with E-state index in [2.05, 4.69) is 10.2 Å². The van der Waals surface area contributed by atoms with Crippen molar-refractivity contribution in [2.24, 2.45) is 23.7 Å². The molecule has 4 aliphatic carbocycles. The smallest absolute Gasteiger partial charge is 0.225 e. The van der Waals surface area contributed by atoms with E-state index < -0.39 is 9.84 Å². The molecule has 0 bridgehead atoms. The lowest BCUT2D eigenvalue weighted by atomic mass is 9.78. The van der Waals surface area contributed by atoms with Gasteiger partial charge in [0.05, 0.1) is 11.0 Å². The van der Waals surface area contributed by atoms with Crippen LogP contribution in [-0.2, 0) is 19.4 Å². The standard InChI is InChI=1S/C30H50N2O4S/c33-29(20-22-11-17-27(18-12-22)37(35,36)21-23-9-10-23)31-26-15-13-25(14-16-26)30(34)32-19-5-4-8-28(32)24-6-2-1-3-7-24/h22-28H,1-21H2,(H,31,33). The maximum Gasteiger partial charge on any atom is 0.225 e. The summed E-state index contributed by atoms with van der Waals surface area (Å²) in [5.74, 6) is 2.46. The highest BCUT2D eigenvalue weighted by Crippen LogP contribution is 2.37. The maximum atomic E-state index is 13.6. The second-order valence-electron chi connectivity index (χ2n) is 13.2. The quantitative estimate of drug-likeness (QED) is 0.452. The van der Waals surface area contributed by atoms with Gasteiger partial charge in [0.25, 0.3) is 0 Å². The Hall–Kier alpha value is -1.11. The lowest BCUT2D eigenvalue weighted by Crippen LogP contribution is -2.51. The molecule has 0 aromatic rings. The van der Waals surface area contributed by atoms with Gasteiger partial charge in [-0.3, -0.25) is 9.59 Å². The van der Waals surface area contributed by atoms with Crippen molar-refractivity contribution in [3.05, 3.63) is 0 Å². The van der Waals surface area contributed by atoms with E-state index in [0.717, 1.165) is 77.2 Å². The van der Waals surface area contributed by atoms with Gasteiger partial charge in [-0.25, -0.2) is 8.42 Å². The average Bonchev–Trinajstić information content (AvgIpc) is 3.73. The van der Waals surface area contributed by atoms with Gasteiger partial charge in [-0.1, -0.05) is 19.3 Å². The molecule has 7 heteroatoms. The van der Waals surface area contributed by atoms with E-state index in [4.69, 9.17) is 0 Å². The van der Waals surface area contributed by atoms with Crippen LogP contribution in [-0.4, -0.2) is 54.8 Å². The van der Waals surface area contributed by atoms with Crippen LogP contribution in [0.25, 0.3) is 0 Å². The van der Waals surface area contributed by atoms with Crippen LogP contribution in [0.5, 0.6) is 0 Å². The van der Waals surface area contributed by atoms with Gasteiger partial charge >= 0.3 is 0 Å². The summed E-state index contributed by atoms with van der Waals surface area (Å²) in [6, 6.07) is 0.653. The van der Waals surface area contributed by atoms with Crippen LogP contribution < -0.4 is 5.32 Å². The van der Waals surface area contributed by atoms with E-state index in [1.807, 2.05) is 0 Å². The molecule has 0 aromatic heterocycles. The molecule has 210 valence electrons. The highest BCUT2D eigenvalue weighted by atomic mass is 32.2. The zero-order valence-electron chi connectivity index (χ0n) is 22.9. The first-order valence-corrected chi connectivity index (χ1v) is 17.4. The zero-order chi connectivity index (χ0) is 25.8. The summed E-state index contributed by atoms with van der Waals surface area (Å²) in [6.45, 7) is 0.945. The Labute approximate surface area is 225 Å². The van der Waals surface area contributed by atoms with Gasteiger partial charge < -0.3 is 10.2 Å². The number of piperidine rings is 1. The Morgan fingerprint density at radius 2 is 1.35 bits per heavy atom. The van der Waals surface area contributed by atoms with Crippen LogP contribution in [0.3, 0.4) is 0 Å². The van der Waals surface area contributed by atoms with Crippen molar-refractivity contribution in [2.45, 2.75) is 139 Å².